The van der Waals surface area contributed by atoms with E-state index in [0.29, 0.717) is 0 Å². The molecule has 0 saturated heterocycles. The molecule has 2 fully saturated rings. The summed E-state index contributed by atoms with van der Waals surface area (Å²) in [5.74, 6) is 0. The van der Waals surface area contributed by atoms with Crippen molar-refractivity contribution in [3.8, 4) is 0 Å². The van der Waals surface area contributed by atoms with Crippen molar-refractivity contribution < 1.29 is 14.6 Å². The number of hydrogen-bond donors (Lipinski definition) is 2. The van der Waals surface area contributed by atoms with Gasteiger partial charge in [0.2, 0.25) is 0 Å². The number of rotatable bonds is 3. The Balaban J connectivity index is 2.04. The number of aliphatic hydroxyl groups is 1. The lowest BCUT2D eigenvalue weighted by molar-refractivity contribution is -0.0188. The lowest BCUT2D eigenvalue weighted by Crippen LogP contribution is -2.62. The molecule has 2 aliphatic rings. The summed E-state index contributed by atoms with van der Waals surface area (Å²) in [6, 6.07) is 0. The van der Waals surface area contributed by atoms with Crippen LogP contribution in [0.4, 0.5) is 4.79 Å². The van der Waals surface area contributed by atoms with Crippen molar-refractivity contribution >= 4 is 6.09 Å². The molecule has 0 bridgehead atoms. The van der Waals surface area contributed by atoms with E-state index in [1.54, 1.807) is 0 Å². The number of carbonyl (C=O) groups is 1. The highest BCUT2D eigenvalue weighted by molar-refractivity contribution is 5.69. The quantitative estimate of drug-likeness (QED) is 0.815. The van der Waals surface area contributed by atoms with Crippen LogP contribution in [-0.2, 0) is 4.74 Å². The Morgan fingerprint density at radius 1 is 1.28 bits per heavy atom. The van der Waals surface area contributed by atoms with Crippen LogP contribution in [0.2, 0.25) is 0 Å². The fourth-order valence-corrected chi connectivity index (χ4v) is 3.21. The van der Waals surface area contributed by atoms with Crippen molar-refractivity contribution in [2.45, 2.75) is 77.0 Å². The van der Waals surface area contributed by atoms with E-state index in [1.807, 2.05) is 27.7 Å². The molecule has 2 saturated carbocycles. The zero-order valence-electron chi connectivity index (χ0n) is 11.9. The maximum Gasteiger partial charge on any atom is 0.408 e. The molecule has 1 atom stereocenters. The number of ether oxygens (including phenoxy) is 1. The molecule has 1 unspecified atom stereocenters. The predicted molar refractivity (Wildman–Crippen MR) is 69.3 cm³/mol. The van der Waals surface area contributed by atoms with Crippen molar-refractivity contribution in [1.29, 1.82) is 0 Å². The fraction of sp³-hybridized carbons (Fsp3) is 0.929. The average Bonchev–Trinajstić information content (AvgIpc) is 2.88. The first-order valence-corrected chi connectivity index (χ1v) is 6.90. The standard InChI is InChI=1S/C14H25NO3/c1-10(16)13(8-9-13)14(6-5-7-14)15-11(17)18-12(2,3)4/h10,16H,5-9H2,1-4H3,(H,15,17). The number of nitrogens with one attached hydrogen (secondary N) is 1. The van der Waals surface area contributed by atoms with Gasteiger partial charge in [0.05, 0.1) is 11.6 Å². The molecule has 0 heterocycles. The lowest BCUT2D eigenvalue weighted by atomic mass is 9.64. The van der Waals surface area contributed by atoms with Gasteiger partial charge in [0.15, 0.2) is 0 Å². The van der Waals surface area contributed by atoms with Crippen molar-refractivity contribution in [2.75, 3.05) is 0 Å². The minimum Gasteiger partial charge on any atom is -0.444 e. The van der Waals surface area contributed by atoms with Gasteiger partial charge in [0.1, 0.15) is 5.60 Å². The third-order valence-electron chi connectivity index (χ3n) is 4.49. The van der Waals surface area contributed by atoms with Crippen molar-refractivity contribution in [3.63, 3.8) is 0 Å². The summed E-state index contributed by atoms with van der Waals surface area (Å²) in [7, 11) is 0. The van der Waals surface area contributed by atoms with Crippen molar-refractivity contribution in [3.05, 3.63) is 0 Å². The van der Waals surface area contributed by atoms with Crippen LogP contribution in [0.15, 0.2) is 0 Å². The molecule has 0 radical (unpaired) electrons. The van der Waals surface area contributed by atoms with Gasteiger partial charge >= 0.3 is 6.09 Å². The molecule has 4 nitrogen and oxygen atoms in total. The largest absolute Gasteiger partial charge is 0.444 e. The molecule has 0 aliphatic heterocycles. The van der Waals surface area contributed by atoms with Crippen molar-refractivity contribution in [1.82, 2.24) is 5.32 Å². The van der Waals surface area contributed by atoms with Gasteiger partial charge in [0, 0.05) is 5.41 Å². The first-order valence-electron chi connectivity index (χ1n) is 6.90. The molecule has 1 amide bonds. The zero-order valence-corrected chi connectivity index (χ0v) is 11.9. The van der Waals surface area contributed by atoms with Crippen LogP contribution in [0.5, 0.6) is 0 Å². The van der Waals surface area contributed by atoms with E-state index in [2.05, 4.69) is 5.32 Å². The summed E-state index contributed by atoms with van der Waals surface area (Å²) in [4.78, 5) is 11.9. The summed E-state index contributed by atoms with van der Waals surface area (Å²) < 4.78 is 5.34. The molecule has 2 N–H and O–H groups in total. The maximum atomic E-state index is 11.9. The Labute approximate surface area is 109 Å². The van der Waals surface area contributed by atoms with E-state index in [0.717, 1.165) is 32.1 Å². The van der Waals surface area contributed by atoms with Crippen molar-refractivity contribution in [2.24, 2.45) is 5.41 Å². The Kier molecular flexibility index (Phi) is 3.13. The third kappa shape index (κ3) is 2.22. The van der Waals surface area contributed by atoms with Gasteiger partial charge in [-0.1, -0.05) is 0 Å². The van der Waals surface area contributed by atoms with Gasteiger partial charge in [-0.25, -0.2) is 4.79 Å². The molecule has 4 heteroatoms. The molecular weight excluding hydrogens is 230 g/mol. The SMILES string of the molecule is CC(O)C1(C2(NC(=O)OC(C)(C)C)CCC2)CC1. The maximum absolute atomic E-state index is 11.9. The summed E-state index contributed by atoms with van der Waals surface area (Å²) in [5, 5.41) is 13.0. The normalized spacial score (nSPS) is 25.8. The summed E-state index contributed by atoms with van der Waals surface area (Å²) in [6.07, 6.45) is 4.31. The Morgan fingerprint density at radius 2 is 1.83 bits per heavy atom. The van der Waals surface area contributed by atoms with E-state index < -0.39 is 5.60 Å². The highest BCUT2D eigenvalue weighted by atomic mass is 16.6. The van der Waals surface area contributed by atoms with Gasteiger partial charge in [-0.2, -0.15) is 0 Å². The van der Waals surface area contributed by atoms with E-state index >= 15 is 0 Å². The first kappa shape index (κ1) is 13.7. The minimum atomic E-state index is -0.476. The highest BCUT2D eigenvalue weighted by Crippen LogP contribution is 2.63. The number of amides is 1. The molecule has 18 heavy (non-hydrogen) atoms. The molecular formula is C14H25NO3. The number of hydrogen-bond acceptors (Lipinski definition) is 3. The van der Waals surface area contributed by atoms with Crippen LogP contribution in [-0.4, -0.2) is 28.4 Å². The van der Waals surface area contributed by atoms with Crippen LogP contribution in [0.1, 0.15) is 59.8 Å². The van der Waals surface area contributed by atoms with Crippen LogP contribution in [0.25, 0.3) is 0 Å². The van der Waals surface area contributed by atoms with Crippen LogP contribution in [0.3, 0.4) is 0 Å². The molecule has 2 rings (SSSR count). The molecule has 0 spiro atoms. The number of alkyl carbamates (subject to hydrolysis) is 1. The molecule has 2 aliphatic carbocycles. The molecule has 0 aromatic heterocycles. The second-order valence-electron chi connectivity index (χ2n) is 6.89. The highest BCUT2D eigenvalue weighted by Gasteiger charge is 2.64. The third-order valence-corrected chi connectivity index (χ3v) is 4.49. The smallest absolute Gasteiger partial charge is 0.408 e. The van der Waals surface area contributed by atoms with Gasteiger partial charge in [-0.15, -0.1) is 0 Å². The van der Waals surface area contributed by atoms with Gasteiger partial charge < -0.3 is 15.2 Å². The van der Waals surface area contributed by atoms with E-state index in [-0.39, 0.29) is 23.2 Å². The van der Waals surface area contributed by atoms with Gasteiger partial charge in [-0.3, -0.25) is 0 Å². The van der Waals surface area contributed by atoms with Gasteiger partial charge in [0.25, 0.3) is 0 Å². The summed E-state index contributed by atoms with van der Waals surface area (Å²) in [5.41, 5.74) is -0.817. The fourth-order valence-electron chi connectivity index (χ4n) is 3.21. The molecule has 0 aromatic rings. The van der Waals surface area contributed by atoms with Gasteiger partial charge in [-0.05, 0) is 59.8 Å². The second kappa shape index (κ2) is 4.12. The van der Waals surface area contributed by atoms with E-state index in [1.165, 1.54) is 0 Å². The Morgan fingerprint density at radius 3 is 2.11 bits per heavy atom. The molecule has 0 aromatic carbocycles. The zero-order chi connectivity index (χ0) is 13.6. The minimum absolute atomic E-state index is 0.109. The molecule has 104 valence electrons. The second-order valence-corrected chi connectivity index (χ2v) is 6.89. The number of aliphatic hydroxyl groups excluding tert-OH is 1. The average molecular weight is 255 g/mol. The Hall–Kier alpha value is -0.770. The predicted octanol–water partition coefficient (Wildman–Crippen LogP) is 2.59. The van der Waals surface area contributed by atoms with Crippen LogP contribution >= 0.6 is 0 Å². The summed E-state index contributed by atoms with van der Waals surface area (Å²) in [6.45, 7) is 7.43. The number of carbonyl (C=O) groups excluding carboxylic acids is 1. The van der Waals surface area contributed by atoms with Crippen LogP contribution < -0.4 is 5.32 Å². The monoisotopic (exact) mass is 255 g/mol. The Bertz CT molecular complexity index is 335. The van der Waals surface area contributed by atoms with E-state index in [9.17, 15) is 9.90 Å². The lowest BCUT2D eigenvalue weighted by Gasteiger charge is -2.50. The first-order chi connectivity index (χ1) is 8.21. The topological polar surface area (TPSA) is 58.6 Å². The van der Waals surface area contributed by atoms with Crippen LogP contribution in [0, 0.1) is 5.41 Å². The summed E-state index contributed by atoms with van der Waals surface area (Å²) >= 11 is 0. The van der Waals surface area contributed by atoms with E-state index in [4.69, 9.17) is 4.74 Å².